The van der Waals surface area contributed by atoms with E-state index in [1.54, 1.807) is 6.33 Å². The summed E-state index contributed by atoms with van der Waals surface area (Å²) in [6.07, 6.45) is 1.65. The summed E-state index contributed by atoms with van der Waals surface area (Å²) in [5, 5.41) is 0.734. The third-order valence-electron chi connectivity index (χ3n) is 1.63. The maximum atomic E-state index is 5.93. The molecule has 0 atom stereocenters. The van der Waals surface area contributed by atoms with Gasteiger partial charge in [-0.1, -0.05) is 17.1 Å². The highest BCUT2D eigenvalue weighted by Crippen LogP contribution is 2.17. The number of halogens is 1. The number of benzene rings is 1. The summed E-state index contributed by atoms with van der Waals surface area (Å²) >= 11 is 5.93. The van der Waals surface area contributed by atoms with Crippen LogP contribution in [0, 0.1) is 0 Å². The molecule has 1 N–H and O–H groups in total. The molecule has 0 saturated heterocycles. The Morgan fingerprint density at radius 3 is 3.09 bits per heavy atom. The smallest absolute Gasteiger partial charge is 0.139 e. The first-order chi connectivity index (χ1) is 5.27. The first-order valence-corrected chi connectivity index (χ1v) is 3.74. The van der Waals surface area contributed by atoms with Crippen LogP contribution in [-0.2, 0) is 0 Å². The van der Waals surface area contributed by atoms with Crippen LogP contribution in [0.1, 0.15) is 0 Å². The third-order valence-corrected chi connectivity index (χ3v) is 1.92. The lowest BCUT2D eigenvalue weighted by molar-refractivity contribution is 1.34. The molecule has 0 unspecified atom stereocenters. The first kappa shape index (κ1) is 6.74. The largest absolute Gasteiger partial charge is 0.343 e. The fraction of sp³-hybridized carbons (Fsp3) is 0. The molecule has 2 nitrogen and oxygen atoms in total. The van der Waals surface area contributed by atoms with Gasteiger partial charge in [0.1, 0.15) is 7.85 Å². The second kappa shape index (κ2) is 2.27. The number of aromatic amines is 1. The van der Waals surface area contributed by atoms with Crippen LogP contribution in [0.4, 0.5) is 0 Å². The van der Waals surface area contributed by atoms with E-state index in [9.17, 15) is 0 Å². The highest BCUT2D eigenvalue weighted by atomic mass is 35.5. The van der Waals surface area contributed by atoms with Crippen molar-refractivity contribution in [1.82, 2.24) is 9.97 Å². The molecule has 2 rings (SSSR count). The number of H-pyrrole nitrogens is 1. The summed E-state index contributed by atoms with van der Waals surface area (Å²) in [6.45, 7) is 0. The summed E-state index contributed by atoms with van der Waals surface area (Å²) < 4.78 is 0. The summed E-state index contributed by atoms with van der Waals surface area (Å²) in [5.41, 5.74) is 2.97. The molecule has 0 aliphatic rings. The van der Waals surface area contributed by atoms with E-state index in [0.717, 1.165) is 21.5 Å². The van der Waals surface area contributed by atoms with Gasteiger partial charge in [0, 0.05) is 0 Å². The van der Waals surface area contributed by atoms with Crippen molar-refractivity contribution in [2.75, 3.05) is 0 Å². The average molecular weight is 164 g/mol. The fourth-order valence-electron chi connectivity index (χ4n) is 1.13. The van der Waals surface area contributed by atoms with Gasteiger partial charge >= 0.3 is 0 Å². The minimum Gasteiger partial charge on any atom is -0.343 e. The molecule has 11 heavy (non-hydrogen) atoms. The maximum Gasteiger partial charge on any atom is 0.139 e. The Hall–Kier alpha value is -0.955. The van der Waals surface area contributed by atoms with Crippen molar-refractivity contribution in [3.63, 3.8) is 0 Å². The Morgan fingerprint density at radius 2 is 2.27 bits per heavy atom. The molecule has 0 aliphatic heterocycles. The monoisotopic (exact) mass is 164 g/mol. The molecule has 2 aromatic rings. The Kier molecular flexibility index (Phi) is 1.39. The van der Waals surface area contributed by atoms with E-state index in [2.05, 4.69) is 9.97 Å². The minimum absolute atomic E-state index is 0.734. The molecule has 0 bridgehead atoms. The van der Waals surface area contributed by atoms with E-state index < -0.39 is 0 Å². The number of rotatable bonds is 0. The molecule has 0 amide bonds. The zero-order chi connectivity index (χ0) is 7.84. The topological polar surface area (TPSA) is 28.7 Å². The number of imidazole rings is 1. The molecule has 1 heterocycles. The Balaban J connectivity index is 2.91. The predicted molar refractivity (Wildman–Crippen MR) is 49.3 cm³/mol. The van der Waals surface area contributed by atoms with Gasteiger partial charge in [0.2, 0.25) is 0 Å². The molecule has 0 spiro atoms. The van der Waals surface area contributed by atoms with Gasteiger partial charge in [-0.15, -0.1) is 0 Å². The van der Waals surface area contributed by atoms with Gasteiger partial charge in [-0.05, 0) is 12.1 Å². The average Bonchev–Trinajstić information content (AvgIpc) is 2.34. The van der Waals surface area contributed by atoms with Gasteiger partial charge in [0.25, 0.3) is 0 Å². The van der Waals surface area contributed by atoms with Gasteiger partial charge in [0.05, 0.1) is 22.4 Å². The van der Waals surface area contributed by atoms with E-state index in [-0.39, 0.29) is 0 Å². The minimum atomic E-state index is 0.734. The van der Waals surface area contributed by atoms with E-state index in [1.807, 2.05) is 20.0 Å². The van der Waals surface area contributed by atoms with Gasteiger partial charge in [0.15, 0.2) is 0 Å². The molecule has 0 aliphatic carbocycles. The quantitative estimate of drug-likeness (QED) is 0.564. The van der Waals surface area contributed by atoms with Crippen LogP contribution in [0.5, 0.6) is 0 Å². The predicted octanol–water partition coefficient (Wildman–Crippen LogP) is 0.475. The lowest BCUT2D eigenvalue weighted by Gasteiger charge is -1.94. The SMILES string of the molecule is Bc1cc(Cl)c2[nH]cnc2c1. The van der Waals surface area contributed by atoms with E-state index in [1.165, 1.54) is 0 Å². The van der Waals surface area contributed by atoms with Crippen LogP contribution in [0.25, 0.3) is 11.0 Å². The van der Waals surface area contributed by atoms with E-state index >= 15 is 0 Å². The van der Waals surface area contributed by atoms with Crippen molar-refractivity contribution in [2.24, 2.45) is 0 Å². The second-order valence-corrected chi connectivity index (χ2v) is 2.95. The van der Waals surface area contributed by atoms with Crippen molar-refractivity contribution in [1.29, 1.82) is 0 Å². The highest BCUT2D eigenvalue weighted by molar-refractivity contribution is 6.39. The molecule has 0 radical (unpaired) electrons. The van der Waals surface area contributed by atoms with Crippen molar-refractivity contribution in [3.05, 3.63) is 23.5 Å². The van der Waals surface area contributed by atoms with Gasteiger partial charge < -0.3 is 4.98 Å². The molecule has 4 heteroatoms. The van der Waals surface area contributed by atoms with Gasteiger partial charge in [-0.2, -0.15) is 0 Å². The molecular formula is C7H6BClN2. The Morgan fingerprint density at radius 1 is 1.45 bits per heavy atom. The van der Waals surface area contributed by atoms with E-state index in [4.69, 9.17) is 11.6 Å². The summed E-state index contributed by atoms with van der Waals surface area (Å²) in [6, 6.07) is 3.92. The molecule has 0 saturated carbocycles. The normalized spacial score (nSPS) is 10.6. The number of hydrogen-bond donors (Lipinski definition) is 1. The summed E-state index contributed by atoms with van der Waals surface area (Å²) in [7, 11) is 2.00. The van der Waals surface area contributed by atoms with Crippen LogP contribution >= 0.6 is 11.6 Å². The molecule has 54 valence electrons. The van der Waals surface area contributed by atoms with Crippen LogP contribution in [-0.4, -0.2) is 17.8 Å². The second-order valence-electron chi connectivity index (χ2n) is 2.54. The van der Waals surface area contributed by atoms with Crippen LogP contribution in [0.2, 0.25) is 5.02 Å². The zero-order valence-corrected chi connectivity index (χ0v) is 6.81. The van der Waals surface area contributed by atoms with Crippen molar-refractivity contribution < 1.29 is 0 Å². The van der Waals surface area contributed by atoms with Crippen LogP contribution < -0.4 is 5.46 Å². The van der Waals surface area contributed by atoms with Crippen molar-refractivity contribution in [3.8, 4) is 0 Å². The first-order valence-electron chi connectivity index (χ1n) is 3.36. The number of nitrogens with one attached hydrogen (secondary N) is 1. The van der Waals surface area contributed by atoms with Crippen molar-refractivity contribution in [2.45, 2.75) is 0 Å². The number of aromatic nitrogens is 2. The lowest BCUT2D eigenvalue weighted by atomic mass is 9.96. The zero-order valence-electron chi connectivity index (χ0n) is 6.06. The maximum absolute atomic E-state index is 5.93. The summed E-state index contributed by atoms with van der Waals surface area (Å²) in [4.78, 5) is 7.07. The fourth-order valence-corrected chi connectivity index (χ4v) is 1.46. The van der Waals surface area contributed by atoms with Crippen LogP contribution in [0.15, 0.2) is 18.5 Å². The lowest BCUT2D eigenvalue weighted by Crippen LogP contribution is -2.00. The van der Waals surface area contributed by atoms with Crippen LogP contribution in [0.3, 0.4) is 0 Å². The highest BCUT2D eigenvalue weighted by Gasteiger charge is 2.00. The summed E-state index contributed by atoms with van der Waals surface area (Å²) in [5.74, 6) is 0. The molecule has 0 fully saturated rings. The van der Waals surface area contributed by atoms with Gasteiger partial charge in [-0.25, -0.2) is 4.98 Å². The standard InChI is InChI=1S/C7H6BClN2/c8-4-1-5(9)7-6(2-4)10-3-11-7/h1-3H,8H2,(H,10,11). The number of nitrogens with zero attached hydrogens (tertiary/aromatic N) is 1. The van der Waals surface area contributed by atoms with Crippen molar-refractivity contribution >= 4 is 35.9 Å². The Bertz CT molecular complexity index is 396. The van der Waals surface area contributed by atoms with E-state index in [0.29, 0.717) is 0 Å². The molecular weight excluding hydrogens is 158 g/mol. The third kappa shape index (κ3) is 1.01. The number of hydrogen-bond acceptors (Lipinski definition) is 1. The van der Waals surface area contributed by atoms with Gasteiger partial charge in [-0.3, -0.25) is 0 Å². The Labute approximate surface area is 70.0 Å². The molecule has 1 aromatic carbocycles. The number of fused-ring (bicyclic) bond motifs is 1. The molecule has 1 aromatic heterocycles.